The second-order valence-corrected chi connectivity index (χ2v) is 3.72. The molecule has 1 aliphatic rings. The van der Waals surface area contributed by atoms with Gasteiger partial charge < -0.3 is 14.4 Å². The van der Waals surface area contributed by atoms with Gasteiger partial charge in [0.2, 0.25) is 0 Å². The molecule has 0 saturated carbocycles. The van der Waals surface area contributed by atoms with Crippen LogP contribution in [-0.2, 0) is 14.3 Å². The maximum atomic E-state index is 11.1. The van der Waals surface area contributed by atoms with Gasteiger partial charge in [0.15, 0.2) is 0 Å². The molecule has 0 bridgehead atoms. The van der Waals surface area contributed by atoms with Crippen LogP contribution in [-0.4, -0.2) is 50.3 Å². The van der Waals surface area contributed by atoms with Crippen LogP contribution in [0.2, 0.25) is 0 Å². The molecule has 0 spiro atoms. The number of hydrogen-bond acceptors (Lipinski definition) is 4. The summed E-state index contributed by atoms with van der Waals surface area (Å²) in [6, 6.07) is 0. The predicted octanol–water partition coefficient (Wildman–Crippen LogP) is 1.05. The van der Waals surface area contributed by atoms with Crippen molar-refractivity contribution in [3.8, 4) is 0 Å². The normalized spacial score (nSPS) is 18.5. The van der Waals surface area contributed by atoms with E-state index < -0.39 is 0 Å². The van der Waals surface area contributed by atoms with E-state index in [2.05, 4.69) is 4.90 Å². The van der Waals surface area contributed by atoms with Gasteiger partial charge in [-0.3, -0.25) is 4.79 Å². The molecule has 0 aromatic carbocycles. The molecule has 4 nitrogen and oxygen atoms in total. The number of rotatable bonds is 5. The van der Waals surface area contributed by atoms with Gasteiger partial charge in [-0.2, -0.15) is 0 Å². The van der Waals surface area contributed by atoms with Gasteiger partial charge in [-0.25, -0.2) is 0 Å². The lowest BCUT2D eigenvalue weighted by atomic mass is 10.3. The van der Waals surface area contributed by atoms with Crippen molar-refractivity contribution in [2.24, 2.45) is 0 Å². The molecule has 0 aliphatic carbocycles. The lowest BCUT2D eigenvalue weighted by Crippen LogP contribution is -2.27. The third-order valence-corrected chi connectivity index (χ3v) is 2.48. The van der Waals surface area contributed by atoms with Crippen molar-refractivity contribution >= 4 is 5.97 Å². The first-order chi connectivity index (χ1) is 7.33. The molecule has 0 atom stereocenters. The number of nitrogens with zero attached hydrogens (tertiary/aromatic N) is 1. The summed E-state index contributed by atoms with van der Waals surface area (Å²) >= 11 is 0. The van der Waals surface area contributed by atoms with Crippen LogP contribution in [0.15, 0.2) is 0 Å². The highest BCUT2D eigenvalue weighted by atomic mass is 16.5. The molecular formula is C11H21NO3. The van der Waals surface area contributed by atoms with Gasteiger partial charge in [0.05, 0.1) is 13.2 Å². The topological polar surface area (TPSA) is 38.8 Å². The summed E-state index contributed by atoms with van der Waals surface area (Å²) in [6.07, 6.45) is 2.52. The van der Waals surface area contributed by atoms with Crippen LogP contribution in [0.5, 0.6) is 0 Å². The van der Waals surface area contributed by atoms with Crippen LogP contribution in [0, 0.1) is 0 Å². The standard InChI is InChI=1S/C11H21NO3/c1-2-15-11(13)5-3-6-12-7-4-9-14-10-8-12/h2-10H2,1H3. The fourth-order valence-electron chi connectivity index (χ4n) is 1.70. The number of carbonyl (C=O) groups excluding carboxylic acids is 1. The minimum atomic E-state index is -0.0800. The zero-order valence-electron chi connectivity index (χ0n) is 9.54. The van der Waals surface area contributed by atoms with Gasteiger partial charge in [-0.15, -0.1) is 0 Å². The van der Waals surface area contributed by atoms with E-state index >= 15 is 0 Å². The zero-order chi connectivity index (χ0) is 10.9. The Kier molecular flexibility index (Phi) is 6.36. The van der Waals surface area contributed by atoms with Crippen LogP contribution in [0.25, 0.3) is 0 Å². The molecule has 1 heterocycles. The first-order valence-electron chi connectivity index (χ1n) is 5.78. The fraction of sp³-hybridized carbons (Fsp3) is 0.909. The zero-order valence-corrected chi connectivity index (χ0v) is 9.54. The quantitative estimate of drug-likeness (QED) is 0.643. The molecule has 1 saturated heterocycles. The molecule has 88 valence electrons. The Hall–Kier alpha value is -0.610. The summed E-state index contributed by atoms with van der Waals surface area (Å²) in [4.78, 5) is 13.4. The predicted molar refractivity (Wildman–Crippen MR) is 57.7 cm³/mol. The molecule has 15 heavy (non-hydrogen) atoms. The summed E-state index contributed by atoms with van der Waals surface area (Å²) in [5, 5.41) is 0. The van der Waals surface area contributed by atoms with Gasteiger partial charge in [0.1, 0.15) is 0 Å². The molecule has 0 radical (unpaired) electrons. The summed E-state index contributed by atoms with van der Waals surface area (Å²) in [6.45, 7) is 7.06. The van der Waals surface area contributed by atoms with Crippen molar-refractivity contribution in [3.05, 3.63) is 0 Å². The molecule has 0 amide bonds. The summed E-state index contributed by atoms with van der Waals surface area (Å²) < 4.78 is 10.2. The van der Waals surface area contributed by atoms with Crippen molar-refractivity contribution < 1.29 is 14.3 Å². The molecule has 0 aromatic heterocycles. The molecule has 0 N–H and O–H groups in total. The van der Waals surface area contributed by atoms with Crippen molar-refractivity contribution in [2.75, 3.05) is 39.5 Å². The Bertz CT molecular complexity index is 177. The van der Waals surface area contributed by atoms with E-state index in [0.717, 1.165) is 45.7 Å². The molecule has 0 aromatic rings. The average Bonchev–Trinajstić information content (AvgIpc) is 2.47. The second kappa shape index (κ2) is 7.65. The Morgan fingerprint density at radius 2 is 2.27 bits per heavy atom. The van der Waals surface area contributed by atoms with E-state index in [-0.39, 0.29) is 5.97 Å². The van der Waals surface area contributed by atoms with Crippen LogP contribution in [0.4, 0.5) is 0 Å². The fourth-order valence-corrected chi connectivity index (χ4v) is 1.70. The Labute approximate surface area is 91.5 Å². The monoisotopic (exact) mass is 215 g/mol. The summed E-state index contributed by atoms with van der Waals surface area (Å²) in [5.41, 5.74) is 0. The van der Waals surface area contributed by atoms with E-state index in [1.165, 1.54) is 0 Å². The van der Waals surface area contributed by atoms with E-state index in [1.807, 2.05) is 6.92 Å². The van der Waals surface area contributed by atoms with Gasteiger partial charge in [0.25, 0.3) is 0 Å². The van der Waals surface area contributed by atoms with Crippen molar-refractivity contribution in [3.63, 3.8) is 0 Å². The van der Waals surface area contributed by atoms with Gasteiger partial charge in [-0.05, 0) is 26.3 Å². The smallest absolute Gasteiger partial charge is 0.305 e. The van der Waals surface area contributed by atoms with Gasteiger partial charge in [0, 0.05) is 26.1 Å². The summed E-state index contributed by atoms with van der Waals surface area (Å²) in [5.74, 6) is -0.0800. The molecule has 4 heteroatoms. The molecule has 1 rings (SSSR count). The Morgan fingerprint density at radius 3 is 3.07 bits per heavy atom. The van der Waals surface area contributed by atoms with Gasteiger partial charge in [-0.1, -0.05) is 0 Å². The van der Waals surface area contributed by atoms with Gasteiger partial charge >= 0.3 is 5.97 Å². The number of carbonyl (C=O) groups is 1. The van der Waals surface area contributed by atoms with Crippen LogP contribution in [0.1, 0.15) is 26.2 Å². The highest BCUT2D eigenvalue weighted by molar-refractivity contribution is 5.69. The van der Waals surface area contributed by atoms with Crippen LogP contribution in [0.3, 0.4) is 0 Å². The first kappa shape index (κ1) is 12.5. The minimum Gasteiger partial charge on any atom is -0.466 e. The number of esters is 1. The highest BCUT2D eigenvalue weighted by Gasteiger charge is 2.09. The average molecular weight is 215 g/mol. The lowest BCUT2D eigenvalue weighted by Gasteiger charge is -2.18. The molecule has 1 fully saturated rings. The molecular weight excluding hydrogens is 194 g/mol. The second-order valence-electron chi connectivity index (χ2n) is 3.72. The highest BCUT2D eigenvalue weighted by Crippen LogP contribution is 2.02. The van der Waals surface area contributed by atoms with E-state index in [0.29, 0.717) is 13.0 Å². The van der Waals surface area contributed by atoms with Crippen LogP contribution >= 0.6 is 0 Å². The maximum absolute atomic E-state index is 11.1. The number of ether oxygens (including phenoxy) is 2. The van der Waals surface area contributed by atoms with Crippen molar-refractivity contribution in [2.45, 2.75) is 26.2 Å². The minimum absolute atomic E-state index is 0.0800. The molecule has 1 aliphatic heterocycles. The Balaban J connectivity index is 2.05. The van der Waals surface area contributed by atoms with E-state index in [9.17, 15) is 4.79 Å². The van der Waals surface area contributed by atoms with Crippen molar-refractivity contribution in [1.29, 1.82) is 0 Å². The van der Waals surface area contributed by atoms with E-state index in [4.69, 9.17) is 9.47 Å². The molecule has 0 unspecified atom stereocenters. The first-order valence-corrected chi connectivity index (χ1v) is 5.78. The maximum Gasteiger partial charge on any atom is 0.305 e. The SMILES string of the molecule is CCOC(=O)CCCN1CCCOCC1. The van der Waals surface area contributed by atoms with Crippen LogP contribution < -0.4 is 0 Å². The van der Waals surface area contributed by atoms with Crippen molar-refractivity contribution in [1.82, 2.24) is 4.90 Å². The third kappa shape index (κ3) is 5.74. The third-order valence-electron chi connectivity index (χ3n) is 2.48. The lowest BCUT2D eigenvalue weighted by molar-refractivity contribution is -0.143. The van der Waals surface area contributed by atoms with E-state index in [1.54, 1.807) is 0 Å². The largest absolute Gasteiger partial charge is 0.466 e. The number of hydrogen-bond donors (Lipinski definition) is 0. The Morgan fingerprint density at radius 1 is 1.40 bits per heavy atom. The summed E-state index contributed by atoms with van der Waals surface area (Å²) in [7, 11) is 0.